The van der Waals surface area contributed by atoms with Crippen molar-refractivity contribution in [2.75, 3.05) is 6.61 Å². The van der Waals surface area contributed by atoms with E-state index >= 15 is 0 Å². The first-order chi connectivity index (χ1) is 12.3. The molecule has 26 heavy (non-hydrogen) atoms. The van der Waals surface area contributed by atoms with E-state index in [9.17, 15) is 10.1 Å². The van der Waals surface area contributed by atoms with Crippen molar-refractivity contribution in [1.29, 1.82) is 5.26 Å². The zero-order chi connectivity index (χ0) is 19.2. The Morgan fingerprint density at radius 1 is 1.23 bits per heavy atom. The largest absolute Gasteiger partial charge is 0.490 e. The van der Waals surface area contributed by atoms with Crippen molar-refractivity contribution in [3.05, 3.63) is 51.7 Å². The molecule has 0 saturated carbocycles. The molecule has 0 amide bonds. The average molecular weight is 369 g/mol. The fraction of sp³-hybridized carbons (Fsp3) is 0.333. The fourth-order valence-corrected chi connectivity index (χ4v) is 2.88. The summed E-state index contributed by atoms with van der Waals surface area (Å²) in [4.78, 5) is 13.5. The van der Waals surface area contributed by atoms with Crippen LogP contribution in [0.2, 0.25) is 0 Å². The fourth-order valence-electron chi connectivity index (χ4n) is 2.26. The standard InChI is InChI=1S/C21H23NO3S/c1-5-24-19-12-15(11-16(13-22)20(23)21(2,3)4)8-9-18(19)25-14-17-7-6-10-26-17/h6-12H,5,14H2,1-4H3/b16-11+. The molecule has 1 aromatic heterocycles. The highest BCUT2D eigenvalue weighted by atomic mass is 32.1. The van der Waals surface area contributed by atoms with Gasteiger partial charge in [-0.3, -0.25) is 4.79 Å². The summed E-state index contributed by atoms with van der Waals surface area (Å²) in [7, 11) is 0. The first-order valence-corrected chi connectivity index (χ1v) is 9.31. The minimum absolute atomic E-state index is 0.132. The number of rotatable bonds is 7. The summed E-state index contributed by atoms with van der Waals surface area (Å²) in [5, 5.41) is 11.3. The minimum atomic E-state index is -0.603. The molecule has 0 fully saturated rings. The molecular weight excluding hydrogens is 346 g/mol. The van der Waals surface area contributed by atoms with Gasteiger partial charge >= 0.3 is 0 Å². The molecule has 2 aromatic rings. The van der Waals surface area contributed by atoms with E-state index in [1.807, 2.05) is 36.6 Å². The van der Waals surface area contributed by atoms with E-state index in [4.69, 9.17) is 9.47 Å². The van der Waals surface area contributed by atoms with E-state index in [2.05, 4.69) is 0 Å². The van der Waals surface area contributed by atoms with Crippen LogP contribution in [0.1, 0.15) is 38.1 Å². The molecule has 0 radical (unpaired) electrons. The summed E-state index contributed by atoms with van der Waals surface area (Å²) >= 11 is 1.63. The second-order valence-corrected chi connectivity index (χ2v) is 7.79. The van der Waals surface area contributed by atoms with Gasteiger partial charge in [-0.05, 0) is 42.1 Å². The monoisotopic (exact) mass is 369 g/mol. The first kappa shape index (κ1) is 19.7. The normalized spacial score (nSPS) is 11.7. The van der Waals surface area contributed by atoms with Gasteiger partial charge in [0.2, 0.25) is 0 Å². The summed E-state index contributed by atoms with van der Waals surface area (Å²) < 4.78 is 11.5. The Hall–Kier alpha value is -2.58. The lowest BCUT2D eigenvalue weighted by Crippen LogP contribution is -2.21. The molecular formula is C21H23NO3S. The van der Waals surface area contributed by atoms with Gasteiger partial charge in [-0.2, -0.15) is 5.26 Å². The van der Waals surface area contributed by atoms with Crippen molar-refractivity contribution in [1.82, 2.24) is 0 Å². The van der Waals surface area contributed by atoms with Crippen molar-refractivity contribution in [2.45, 2.75) is 34.3 Å². The van der Waals surface area contributed by atoms with Crippen LogP contribution in [-0.2, 0) is 11.4 Å². The second kappa shape index (κ2) is 8.68. The maximum atomic E-state index is 12.4. The SMILES string of the molecule is CCOc1cc(/C=C(\C#N)C(=O)C(C)(C)C)ccc1OCc1cccs1. The lowest BCUT2D eigenvalue weighted by molar-refractivity contribution is -0.121. The predicted octanol–water partition coefficient (Wildman–Crippen LogP) is 5.25. The van der Waals surface area contributed by atoms with E-state index in [0.717, 1.165) is 10.4 Å². The van der Waals surface area contributed by atoms with Crippen LogP contribution in [0.4, 0.5) is 0 Å². The Labute approximate surface area is 158 Å². The van der Waals surface area contributed by atoms with Crippen LogP contribution >= 0.6 is 11.3 Å². The van der Waals surface area contributed by atoms with Gasteiger partial charge in [0.05, 0.1) is 12.2 Å². The molecule has 0 unspecified atom stereocenters. The van der Waals surface area contributed by atoms with Gasteiger partial charge in [0.1, 0.15) is 12.7 Å². The molecule has 1 heterocycles. The van der Waals surface area contributed by atoms with E-state index in [1.54, 1.807) is 50.3 Å². The van der Waals surface area contributed by atoms with Crippen LogP contribution in [0.25, 0.3) is 6.08 Å². The van der Waals surface area contributed by atoms with Crippen LogP contribution in [0.3, 0.4) is 0 Å². The van der Waals surface area contributed by atoms with Crippen LogP contribution in [0.5, 0.6) is 11.5 Å². The lowest BCUT2D eigenvalue weighted by atomic mass is 9.86. The van der Waals surface area contributed by atoms with Gasteiger partial charge < -0.3 is 9.47 Å². The molecule has 4 nitrogen and oxygen atoms in total. The highest BCUT2D eigenvalue weighted by molar-refractivity contribution is 7.09. The molecule has 0 aliphatic carbocycles. The summed E-state index contributed by atoms with van der Waals surface area (Å²) in [6.07, 6.45) is 1.60. The van der Waals surface area contributed by atoms with Gasteiger partial charge in [-0.1, -0.05) is 32.9 Å². The Kier molecular flexibility index (Phi) is 6.59. The quantitative estimate of drug-likeness (QED) is 0.494. The minimum Gasteiger partial charge on any atom is -0.490 e. The number of allylic oxidation sites excluding steroid dienone is 1. The lowest BCUT2D eigenvalue weighted by Gasteiger charge is -2.16. The molecule has 0 atom stereocenters. The average Bonchev–Trinajstić information content (AvgIpc) is 3.11. The smallest absolute Gasteiger partial charge is 0.178 e. The van der Waals surface area contributed by atoms with E-state index in [0.29, 0.717) is 24.7 Å². The highest BCUT2D eigenvalue weighted by Crippen LogP contribution is 2.31. The Morgan fingerprint density at radius 2 is 2.00 bits per heavy atom. The number of hydrogen-bond donors (Lipinski definition) is 0. The van der Waals surface area contributed by atoms with Crippen molar-refractivity contribution in [2.24, 2.45) is 5.41 Å². The number of carbonyl (C=O) groups is 1. The van der Waals surface area contributed by atoms with E-state index < -0.39 is 5.41 Å². The molecule has 5 heteroatoms. The summed E-state index contributed by atoms with van der Waals surface area (Å²) in [6.45, 7) is 8.26. The summed E-state index contributed by atoms with van der Waals surface area (Å²) in [5.74, 6) is 1.05. The third-order valence-corrected chi connectivity index (χ3v) is 4.42. The number of Topliss-reactive ketones (excluding diaryl/α,β-unsaturated/α-hetero) is 1. The van der Waals surface area contributed by atoms with Gasteiger partial charge in [-0.15, -0.1) is 11.3 Å². The van der Waals surface area contributed by atoms with Gasteiger partial charge in [-0.25, -0.2) is 0 Å². The topological polar surface area (TPSA) is 59.3 Å². The van der Waals surface area contributed by atoms with Crippen molar-refractivity contribution in [3.8, 4) is 17.6 Å². The number of hydrogen-bond acceptors (Lipinski definition) is 5. The second-order valence-electron chi connectivity index (χ2n) is 6.76. The predicted molar refractivity (Wildman–Crippen MR) is 104 cm³/mol. The van der Waals surface area contributed by atoms with Crippen LogP contribution in [0.15, 0.2) is 41.3 Å². The maximum absolute atomic E-state index is 12.4. The molecule has 0 bridgehead atoms. The number of ketones is 1. The summed E-state index contributed by atoms with van der Waals surface area (Å²) in [5.41, 5.74) is 0.256. The number of ether oxygens (including phenoxy) is 2. The van der Waals surface area contributed by atoms with Crippen molar-refractivity contribution < 1.29 is 14.3 Å². The molecule has 136 valence electrons. The highest BCUT2D eigenvalue weighted by Gasteiger charge is 2.25. The third kappa shape index (κ3) is 5.21. The van der Waals surface area contributed by atoms with Crippen molar-refractivity contribution in [3.63, 3.8) is 0 Å². The number of nitriles is 1. The van der Waals surface area contributed by atoms with Crippen LogP contribution < -0.4 is 9.47 Å². The molecule has 0 saturated heterocycles. The zero-order valence-electron chi connectivity index (χ0n) is 15.5. The molecule has 0 aliphatic heterocycles. The van der Waals surface area contributed by atoms with Gasteiger partial charge in [0, 0.05) is 10.3 Å². The molecule has 0 N–H and O–H groups in total. The van der Waals surface area contributed by atoms with E-state index in [1.165, 1.54) is 0 Å². The van der Waals surface area contributed by atoms with Crippen LogP contribution in [-0.4, -0.2) is 12.4 Å². The third-order valence-electron chi connectivity index (χ3n) is 3.57. The molecule has 0 aliphatic rings. The Morgan fingerprint density at radius 3 is 2.58 bits per heavy atom. The number of benzene rings is 1. The van der Waals surface area contributed by atoms with Gasteiger partial charge in [0.15, 0.2) is 17.3 Å². The number of thiophene rings is 1. The number of nitrogens with zero attached hydrogens (tertiary/aromatic N) is 1. The maximum Gasteiger partial charge on any atom is 0.178 e. The summed E-state index contributed by atoms with van der Waals surface area (Å²) in [6, 6.07) is 11.4. The molecule has 2 rings (SSSR count). The van der Waals surface area contributed by atoms with Crippen molar-refractivity contribution >= 4 is 23.2 Å². The zero-order valence-corrected chi connectivity index (χ0v) is 16.4. The van der Waals surface area contributed by atoms with Crippen LogP contribution in [0, 0.1) is 16.7 Å². The molecule has 1 aromatic carbocycles. The first-order valence-electron chi connectivity index (χ1n) is 8.43. The van der Waals surface area contributed by atoms with E-state index in [-0.39, 0.29) is 11.4 Å². The number of carbonyl (C=O) groups excluding carboxylic acids is 1. The van der Waals surface area contributed by atoms with Gasteiger partial charge in [0.25, 0.3) is 0 Å². The molecule has 0 spiro atoms. The Bertz CT molecular complexity index is 824. The Balaban J connectivity index is 2.27.